The van der Waals surface area contributed by atoms with Gasteiger partial charge >= 0.3 is 6.03 Å². The van der Waals surface area contributed by atoms with E-state index in [0.29, 0.717) is 0 Å². The number of carbonyl (C=O) groups excluding carboxylic acids is 1. The molecule has 0 spiro atoms. The SMILES string of the molecule is CNC(=O)NC1(c2cccc(F)c2)CC1. The molecular formula is C11H13FN2O. The minimum Gasteiger partial charge on any atom is -0.341 e. The van der Waals surface area contributed by atoms with Crippen LogP contribution in [-0.4, -0.2) is 13.1 Å². The summed E-state index contributed by atoms with van der Waals surface area (Å²) in [6.45, 7) is 0. The molecule has 1 aliphatic rings. The molecule has 0 bridgehead atoms. The van der Waals surface area contributed by atoms with E-state index in [1.807, 2.05) is 6.07 Å². The highest BCUT2D eigenvalue weighted by atomic mass is 19.1. The molecule has 3 nitrogen and oxygen atoms in total. The van der Waals surface area contributed by atoms with Crippen molar-refractivity contribution in [2.75, 3.05) is 7.05 Å². The third-order valence-electron chi connectivity index (χ3n) is 2.71. The van der Waals surface area contributed by atoms with Crippen molar-refractivity contribution in [2.24, 2.45) is 0 Å². The highest BCUT2D eigenvalue weighted by Crippen LogP contribution is 2.45. The molecule has 2 N–H and O–H groups in total. The Morgan fingerprint density at radius 2 is 2.20 bits per heavy atom. The topological polar surface area (TPSA) is 41.1 Å². The molecule has 2 amide bonds. The third-order valence-corrected chi connectivity index (χ3v) is 2.71. The van der Waals surface area contributed by atoms with E-state index < -0.39 is 0 Å². The molecule has 0 aromatic heterocycles. The number of nitrogens with one attached hydrogen (secondary N) is 2. The summed E-state index contributed by atoms with van der Waals surface area (Å²) < 4.78 is 13.0. The fraction of sp³-hybridized carbons (Fsp3) is 0.364. The van der Waals surface area contributed by atoms with Crippen LogP contribution < -0.4 is 10.6 Å². The minimum atomic E-state index is -0.345. The average Bonchev–Trinajstić information content (AvgIpc) is 2.99. The van der Waals surface area contributed by atoms with Crippen LogP contribution in [0.2, 0.25) is 0 Å². The van der Waals surface area contributed by atoms with Gasteiger partial charge in [-0.05, 0) is 30.5 Å². The molecule has 1 fully saturated rings. The minimum absolute atomic E-state index is 0.225. The van der Waals surface area contributed by atoms with Gasteiger partial charge in [-0.25, -0.2) is 9.18 Å². The lowest BCUT2D eigenvalue weighted by Crippen LogP contribution is -2.40. The first kappa shape index (κ1) is 9.96. The van der Waals surface area contributed by atoms with E-state index >= 15 is 0 Å². The van der Waals surface area contributed by atoms with E-state index in [1.54, 1.807) is 13.1 Å². The van der Waals surface area contributed by atoms with Gasteiger partial charge in [0.05, 0.1) is 5.54 Å². The number of hydrogen-bond donors (Lipinski definition) is 2. The van der Waals surface area contributed by atoms with E-state index in [0.717, 1.165) is 18.4 Å². The molecule has 0 aliphatic heterocycles. The third kappa shape index (κ3) is 1.93. The van der Waals surface area contributed by atoms with Crippen LogP contribution >= 0.6 is 0 Å². The van der Waals surface area contributed by atoms with Crippen LogP contribution in [0.5, 0.6) is 0 Å². The second-order valence-electron chi connectivity index (χ2n) is 3.80. The second kappa shape index (κ2) is 3.53. The molecule has 0 saturated heterocycles. The van der Waals surface area contributed by atoms with Crippen molar-refractivity contribution >= 4 is 6.03 Å². The molecule has 0 atom stereocenters. The number of hydrogen-bond acceptors (Lipinski definition) is 1. The quantitative estimate of drug-likeness (QED) is 0.763. The molecule has 1 aliphatic carbocycles. The summed E-state index contributed by atoms with van der Waals surface area (Å²) in [6, 6.07) is 6.15. The van der Waals surface area contributed by atoms with E-state index in [2.05, 4.69) is 10.6 Å². The Kier molecular flexibility index (Phi) is 2.34. The van der Waals surface area contributed by atoms with Gasteiger partial charge in [-0.1, -0.05) is 12.1 Å². The molecule has 15 heavy (non-hydrogen) atoms. The first-order valence-corrected chi connectivity index (χ1v) is 4.92. The highest BCUT2D eigenvalue weighted by molar-refractivity contribution is 5.75. The molecule has 0 heterocycles. The predicted molar refractivity (Wildman–Crippen MR) is 54.9 cm³/mol. The van der Waals surface area contributed by atoms with E-state index in [9.17, 15) is 9.18 Å². The molecule has 0 radical (unpaired) electrons. The largest absolute Gasteiger partial charge is 0.341 e. The lowest BCUT2D eigenvalue weighted by molar-refractivity contribution is 0.238. The monoisotopic (exact) mass is 208 g/mol. The first-order chi connectivity index (χ1) is 7.16. The van der Waals surface area contributed by atoms with Gasteiger partial charge in [-0.2, -0.15) is 0 Å². The Balaban J connectivity index is 2.19. The Labute approximate surface area is 87.7 Å². The van der Waals surface area contributed by atoms with Crippen molar-refractivity contribution in [1.82, 2.24) is 10.6 Å². The summed E-state index contributed by atoms with van der Waals surface area (Å²) in [6.07, 6.45) is 1.73. The van der Waals surface area contributed by atoms with Gasteiger partial charge < -0.3 is 10.6 Å². The van der Waals surface area contributed by atoms with E-state index in [4.69, 9.17) is 0 Å². The Morgan fingerprint density at radius 1 is 1.47 bits per heavy atom. The van der Waals surface area contributed by atoms with Gasteiger partial charge in [0.1, 0.15) is 5.82 Å². The standard InChI is InChI=1S/C11H13FN2O/c1-13-10(15)14-11(5-6-11)8-3-2-4-9(12)7-8/h2-4,7H,5-6H2,1H3,(H2,13,14,15). The summed E-state index contributed by atoms with van der Waals surface area (Å²) >= 11 is 0. The maximum Gasteiger partial charge on any atom is 0.315 e. The molecule has 2 rings (SSSR count). The zero-order valence-electron chi connectivity index (χ0n) is 8.51. The number of benzene rings is 1. The van der Waals surface area contributed by atoms with Gasteiger partial charge in [0, 0.05) is 7.05 Å². The molecule has 0 unspecified atom stereocenters. The number of urea groups is 1. The maximum atomic E-state index is 13.0. The summed E-state index contributed by atoms with van der Waals surface area (Å²) in [4.78, 5) is 11.2. The fourth-order valence-electron chi connectivity index (χ4n) is 1.68. The van der Waals surface area contributed by atoms with Crippen LogP contribution in [-0.2, 0) is 5.54 Å². The van der Waals surface area contributed by atoms with Crippen LogP contribution in [0.3, 0.4) is 0 Å². The van der Waals surface area contributed by atoms with Crippen molar-refractivity contribution < 1.29 is 9.18 Å². The van der Waals surface area contributed by atoms with Gasteiger partial charge in [-0.3, -0.25) is 0 Å². The molecule has 80 valence electrons. The van der Waals surface area contributed by atoms with Crippen LogP contribution in [0.15, 0.2) is 24.3 Å². The lowest BCUT2D eigenvalue weighted by Gasteiger charge is -2.17. The Bertz CT molecular complexity index is 388. The molecule has 1 aromatic carbocycles. The van der Waals surface area contributed by atoms with Crippen LogP contribution in [0.25, 0.3) is 0 Å². The van der Waals surface area contributed by atoms with Crippen LogP contribution in [0.4, 0.5) is 9.18 Å². The smallest absolute Gasteiger partial charge is 0.315 e. The number of halogens is 1. The zero-order valence-corrected chi connectivity index (χ0v) is 8.51. The van der Waals surface area contributed by atoms with Gasteiger partial charge in [-0.15, -0.1) is 0 Å². The molecule has 4 heteroatoms. The van der Waals surface area contributed by atoms with E-state index in [-0.39, 0.29) is 17.4 Å². The number of amides is 2. The Hall–Kier alpha value is -1.58. The lowest BCUT2D eigenvalue weighted by atomic mass is 10.1. The average molecular weight is 208 g/mol. The normalized spacial score (nSPS) is 16.9. The van der Waals surface area contributed by atoms with E-state index in [1.165, 1.54) is 12.1 Å². The Morgan fingerprint density at radius 3 is 2.73 bits per heavy atom. The zero-order chi connectivity index (χ0) is 10.9. The van der Waals surface area contributed by atoms with Crippen molar-refractivity contribution in [3.63, 3.8) is 0 Å². The van der Waals surface area contributed by atoms with Gasteiger partial charge in [0.2, 0.25) is 0 Å². The predicted octanol–water partition coefficient (Wildman–Crippen LogP) is 1.74. The van der Waals surface area contributed by atoms with Crippen molar-refractivity contribution in [1.29, 1.82) is 0 Å². The summed E-state index contributed by atoms with van der Waals surface area (Å²) in [7, 11) is 1.57. The van der Waals surface area contributed by atoms with Gasteiger partial charge in [0.15, 0.2) is 0 Å². The molecule has 1 saturated carbocycles. The van der Waals surface area contributed by atoms with Crippen molar-refractivity contribution in [3.8, 4) is 0 Å². The molecular weight excluding hydrogens is 195 g/mol. The van der Waals surface area contributed by atoms with Crippen LogP contribution in [0.1, 0.15) is 18.4 Å². The number of carbonyl (C=O) groups is 1. The first-order valence-electron chi connectivity index (χ1n) is 4.92. The molecule has 1 aromatic rings. The summed E-state index contributed by atoms with van der Waals surface area (Å²) in [5.41, 5.74) is 0.494. The second-order valence-corrected chi connectivity index (χ2v) is 3.80. The van der Waals surface area contributed by atoms with Crippen molar-refractivity contribution in [3.05, 3.63) is 35.6 Å². The van der Waals surface area contributed by atoms with Crippen molar-refractivity contribution in [2.45, 2.75) is 18.4 Å². The fourth-order valence-corrected chi connectivity index (χ4v) is 1.68. The number of rotatable bonds is 2. The summed E-state index contributed by atoms with van der Waals surface area (Å²) in [5, 5.41) is 5.35. The van der Waals surface area contributed by atoms with Gasteiger partial charge in [0.25, 0.3) is 0 Å². The maximum absolute atomic E-state index is 13.0. The highest BCUT2D eigenvalue weighted by Gasteiger charge is 2.45. The van der Waals surface area contributed by atoms with Crippen LogP contribution in [0, 0.1) is 5.82 Å². The summed E-state index contributed by atoms with van der Waals surface area (Å²) in [5.74, 6) is -0.266.